The summed E-state index contributed by atoms with van der Waals surface area (Å²) in [5.41, 5.74) is -0.0588. The van der Waals surface area contributed by atoms with Crippen molar-refractivity contribution in [1.82, 2.24) is 25.4 Å². The topological polar surface area (TPSA) is 76.4 Å². The van der Waals surface area contributed by atoms with E-state index in [1.165, 1.54) is 25.1 Å². The molecule has 1 aromatic heterocycles. The van der Waals surface area contributed by atoms with Crippen molar-refractivity contribution in [3.8, 4) is 0 Å². The van der Waals surface area contributed by atoms with Gasteiger partial charge in [0.2, 0.25) is 0 Å². The molecule has 0 aliphatic carbocycles. The lowest BCUT2D eigenvalue weighted by atomic mass is 10.0. The van der Waals surface area contributed by atoms with Gasteiger partial charge in [-0.15, -0.1) is 34.2 Å². The average molecular weight is 476 g/mol. The number of rotatable bonds is 6. The van der Waals surface area contributed by atoms with Gasteiger partial charge in [-0.1, -0.05) is 6.42 Å². The molecule has 2 N–H and O–H groups in total. The van der Waals surface area contributed by atoms with Gasteiger partial charge in [0.15, 0.2) is 5.96 Å². The number of halogens is 1. The molecule has 26 heavy (non-hydrogen) atoms. The van der Waals surface area contributed by atoms with Crippen LogP contribution in [0.25, 0.3) is 0 Å². The highest BCUT2D eigenvalue weighted by molar-refractivity contribution is 14.0. The van der Waals surface area contributed by atoms with Gasteiger partial charge >= 0.3 is 0 Å². The molecule has 0 aromatic carbocycles. The predicted octanol–water partition coefficient (Wildman–Crippen LogP) is 2.29. The fourth-order valence-electron chi connectivity index (χ4n) is 3.65. The van der Waals surface area contributed by atoms with Gasteiger partial charge in [0.05, 0.1) is 5.60 Å². The molecule has 2 aliphatic rings. The monoisotopic (exact) mass is 476 g/mol. The van der Waals surface area contributed by atoms with Crippen molar-refractivity contribution in [3.63, 3.8) is 0 Å². The molecule has 0 bridgehead atoms. The lowest BCUT2D eigenvalue weighted by Crippen LogP contribution is -2.45. The first-order valence-electron chi connectivity index (χ1n) is 9.70. The lowest BCUT2D eigenvalue weighted by Gasteiger charge is -2.24. The van der Waals surface area contributed by atoms with E-state index < -0.39 is 0 Å². The number of aliphatic imine (C=N–C) groups is 1. The lowest BCUT2D eigenvalue weighted by molar-refractivity contribution is 0.0243. The number of hydrogen-bond acceptors (Lipinski definition) is 4. The van der Waals surface area contributed by atoms with Crippen LogP contribution in [-0.4, -0.2) is 53.1 Å². The smallest absolute Gasteiger partial charge is 0.191 e. The van der Waals surface area contributed by atoms with E-state index in [1.54, 1.807) is 0 Å². The summed E-state index contributed by atoms with van der Waals surface area (Å²) in [7, 11) is 1.81. The Balaban J connectivity index is 0.00000243. The predicted molar refractivity (Wildman–Crippen MR) is 114 cm³/mol. The molecule has 0 spiro atoms. The van der Waals surface area contributed by atoms with E-state index in [-0.39, 0.29) is 29.6 Å². The molecule has 1 fully saturated rings. The molecule has 0 amide bonds. The second-order valence-corrected chi connectivity index (χ2v) is 7.35. The van der Waals surface area contributed by atoms with Crippen molar-refractivity contribution in [1.29, 1.82) is 0 Å². The second-order valence-electron chi connectivity index (χ2n) is 7.35. The summed E-state index contributed by atoms with van der Waals surface area (Å²) in [5.74, 6) is 3.15. The first-order valence-corrected chi connectivity index (χ1v) is 9.70. The van der Waals surface area contributed by atoms with Gasteiger partial charge in [0.25, 0.3) is 0 Å². The van der Waals surface area contributed by atoms with Crippen molar-refractivity contribution in [3.05, 3.63) is 11.6 Å². The molecule has 2 aliphatic heterocycles. The van der Waals surface area contributed by atoms with Crippen LogP contribution < -0.4 is 10.6 Å². The molecule has 1 unspecified atom stereocenters. The fraction of sp³-hybridized carbons (Fsp3) is 0.833. The van der Waals surface area contributed by atoms with Crippen LogP contribution in [0, 0.1) is 0 Å². The Morgan fingerprint density at radius 1 is 1.23 bits per heavy atom. The zero-order valence-electron chi connectivity index (χ0n) is 16.1. The van der Waals surface area contributed by atoms with Gasteiger partial charge in [-0.25, -0.2) is 0 Å². The molecule has 0 radical (unpaired) electrons. The molecule has 7 nitrogen and oxygen atoms in total. The van der Waals surface area contributed by atoms with E-state index in [0.29, 0.717) is 0 Å². The first-order chi connectivity index (χ1) is 12.2. The number of hydrogen-bond donors (Lipinski definition) is 2. The minimum Gasteiger partial charge on any atom is -0.373 e. The number of guanidine groups is 1. The number of nitrogens with zero attached hydrogens (tertiary/aromatic N) is 4. The van der Waals surface area contributed by atoms with Gasteiger partial charge in [-0.05, 0) is 39.0 Å². The van der Waals surface area contributed by atoms with Crippen molar-refractivity contribution >= 4 is 29.9 Å². The maximum absolute atomic E-state index is 5.81. The number of ether oxygens (including phenoxy) is 1. The van der Waals surface area contributed by atoms with Gasteiger partial charge in [0.1, 0.15) is 11.6 Å². The van der Waals surface area contributed by atoms with E-state index in [0.717, 1.165) is 70.1 Å². The van der Waals surface area contributed by atoms with Crippen LogP contribution in [-0.2, 0) is 24.1 Å². The molecule has 1 atom stereocenters. The molecule has 1 saturated heterocycles. The number of aromatic nitrogens is 3. The van der Waals surface area contributed by atoms with E-state index >= 15 is 0 Å². The zero-order chi connectivity index (χ0) is 17.5. The second kappa shape index (κ2) is 10.4. The molecule has 3 rings (SSSR count). The number of fused-ring (bicyclic) bond motifs is 1. The van der Waals surface area contributed by atoms with Crippen LogP contribution in [0.15, 0.2) is 4.99 Å². The van der Waals surface area contributed by atoms with E-state index in [2.05, 4.69) is 37.3 Å². The van der Waals surface area contributed by atoms with E-state index in [4.69, 9.17) is 4.74 Å². The highest BCUT2D eigenvalue weighted by Crippen LogP contribution is 2.23. The molecule has 148 valence electrons. The van der Waals surface area contributed by atoms with Crippen molar-refractivity contribution in [2.75, 3.05) is 26.7 Å². The number of aryl methyl sites for hydroxylation is 2. The summed E-state index contributed by atoms with van der Waals surface area (Å²) in [5, 5.41) is 15.5. The molecular weight excluding hydrogens is 443 g/mol. The Morgan fingerprint density at radius 2 is 2.12 bits per heavy atom. The van der Waals surface area contributed by atoms with Gasteiger partial charge in [-0.2, -0.15) is 0 Å². The third-order valence-corrected chi connectivity index (χ3v) is 5.21. The van der Waals surface area contributed by atoms with E-state index in [1.807, 2.05) is 7.05 Å². The first kappa shape index (κ1) is 21.4. The van der Waals surface area contributed by atoms with Crippen molar-refractivity contribution in [2.24, 2.45) is 4.99 Å². The SMILES string of the molecule is CN=C(NCCCc1nnc2n1CCCCC2)NCC1(C)CCCO1.I. The van der Waals surface area contributed by atoms with Crippen LogP contribution >= 0.6 is 24.0 Å². The highest BCUT2D eigenvalue weighted by atomic mass is 127. The third-order valence-electron chi connectivity index (χ3n) is 5.21. The summed E-state index contributed by atoms with van der Waals surface area (Å²) in [4.78, 5) is 4.30. The van der Waals surface area contributed by atoms with Crippen LogP contribution in [0.1, 0.15) is 57.1 Å². The van der Waals surface area contributed by atoms with Gasteiger partial charge < -0.3 is 19.9 Å². The van der Waals surface area contributed by atoms with Crippen LogP contribution in [0.2, 0.25) is 0 Å². The van der Waals surface area contributed by atoms with Crippen LogP contribution in [0.3, 0.4) is 0 Å². The van der Waals surface area contributed by atoms with E-state index in [9.17, 15) is 0 Å². The summed E-state index contributed by atoms with van der Waals surface area (Å²) < 4.78 is 8.14. The van der Waals surface area contributed by atoms with Gasteiger partial charge in [0, 0.05) is 46.1 Å². The third kappa shape index (κ3) is 5.80. The normalized spacial score (nSPS) is 23.1. The Morgan fingerprint density at radius 3 is 2.88 bits per heavy atom. The average Bonchev–Trinajstić information content (AvgIpc) is 3.14. The molecule has 3 heterocycles. The Kier molecular flexibility index (Phi) is 8.59. The molecule has 8 heteroatoms. The Hall–Kier alpha value is -0.900. The summed E-state index contributed by atoms with van der Waals surface area (Å²) in [6.45, 7) is 5.78. The summed E-state index contributed by atoms with van der Waals surface area (Å²) in [6.07, 6.45) is 9.09. The standard InChI is InChI=1S/C18H32N6O.HI/c1-18(10-7-13-25-18)14-21-17(19-2)20-11-6-9-16-23-22-15-8-4-3-5-12-24(15)16;/h3-14H2,1-2H3,(H2,19,20,21);1H. The minimum atomic E-state index is -0.0588. The van der Waals surface area contributed by atoms with Crippen LogP contribution in [0.4, 0.5) is 0 Å². The Bertz CT molecular complexity index is 582. The fourth-order valence-corrected chi connectivity index (χ4v) is 3.65. The van der Waals surface area contributed by atoms with Crippen molar-refractivity contribution in [2.45, 2.75) is 70.4 Å². The summed E-state index contributed by atoms with van der Waals surface area (Å²) >= 11 is 0. The molecule has 1 aromatic rings. The highest BCUT2D eigenvalue weighted by Gasteiger charge is 2.29. The number of nitrogens with one attached hydrogen (secondary N) is 2. The largest absolute Gasteiger partial charge is 0.373 e. The zero-order valence-corrected chi connectivity index (χ0v) is 18.4. The van der Waals surface area contributed by atoms with Crippen molar-refractivity contribution < 1.29 is 4.74 Å². The summed E-state index contributed by atoms with van der Waals surface area (Å²) in [6, 6.07) is 0. The molecular formula is C18H33IN6O. The maximum atomic E-state index is 5.81. The maximum Gasteiger partial charge on any atom is 0.191 e. The van der Waals surface area contributed by atoms with Gasteiger partial charge in [-0.3, -0.25) is 4.99 Å². The Labute approximate surface area is 173 Å². The minimum absolute atomic E-state index is 0. The molecule has 0 saturated carbocycles. The van der Waals surface area contributed by atoms with Crippen LogP contribution in [0.5, 0.6) is 0 Å². The quantitative estimate of drug-likeness (QED) is 0.285.